The van der Waals surface area contributed by atoms with Crippen LogP contribution in [0.2, 0.25) is 0 Å². The molecule has 0 fully saturated rings. The van der Waals surface area contributed by atoms with Gasteiger partial charge in [0.2, 0.25) is 0 Å². The zero-order chi connectivity index (χ0) is 24.1. The molecule has 5 rings (SSSR count). The number of aromatic nitrogens is 1. The summed E-state index contributed by atoms with van der Waals surface area (Å²) in [4.78, 5) is 4.54. The average molecular weight is 471 g/mol. The van der Waals surface area contributed by atoms with Gasteiger partial charge in [0, 0.05) is 17.3 Å². The van der Waals surface area contributed by atoms with E-state index in [0.29, 0.717) is 0 Å². The van der Waals surface area contributed by atoms with Crippen molar-refractivity contribution in [3.05, 3.63) is 88.7 Å². The quantitative estimate of drug-likeness (QED) is 0.398. The lowest BCUT2D eigenvalue weighted by molar-refractivity contribution is 0.510. The molecular formula is C31H39N2P. The highest BCUT2D eigenvalue weighted by Gasteiger charge is 2.49. The number of pyridine rings is 1. The van der Waals surface area contributed by atoms with Crippen molar-refractivity contribution in [2.45, 2.75) is 89.5 Å². The summed E-state index contributed by atoms with van der Waals surface area (Å²) in [6, 6.07) is 20.3. The number of anilines is 1. The second-order valence-corrected chi connectivity index (χ2v) is 15.9. The van der Waals surface area contributed by atoms with Crippen LogP contribution >= 0.6 is 7.92 Å². The molecule has 0 bridgehead atoms. The Morgan fingerprint density at radius 2 is 1.44 bits per heavy atom. The number of nitrogens with zero attached hydrogens (tertiary/aromatic N) is 1. The van der Waals surface area contributed by atoms with Crippen LogP contribution in [0.3, 0.4) is 0 Å². The van der Waals surface area contributed by atoms with Gasteiger partial charge in [-0.25, -0.2) is 0 Å². The van der Waals surface area contributed by atoms with Gasteiger partial charge in [-0.1, -0.05) is 85.9 Å². The van der Waals surface area contributed by atoms with Gasteiger partial charge >= 0.3 is 0 Å². The minimum absolute atomic E-state index is 0.131. The zero-order valence-electron chi connectivity index (χ0n) is 21.7. The Bertz CT molecular complexity index is 1170. The number of nitrogens with one attached hydrogen (secondary N) is 1. The maximum absolute atomic E-state index is 4.54. The topological polar surface area (TPSA) is 24.9 Å². The Kier molecular flexibility index (Phi) is 5.88. The van der Waals surface area contributed by atoms with Crippen LogP contribution in [-0.2, 0) is 24.8 Å². The molecule has 0 saturated heterocycles. The molecule has 0 unspecified atom stereocenters. The molecule has 1 spiro atoms. The first-order valence-corrected chi connectivity index (χ1v) is 14.1. The summed E-state index contributed by atoms with van der Waals surface area (Å²) in [6.07, 6.45) is 6.70. The highest BCUT2D eigenvalue weighted by atomic mass is 31.1. The van der Waals surface area contributed by atoms with Gasteiger partial charge in [-0.2, -0.15) is 0 Å². The molecular weight excluding hydrogens is 431 g/mol. The van der Waals surface area contributed by atoms with E-state index in [1.54, 1.807) is 22.0 Å². The van der Waals surface area contributed by atoms with Gasteiger partial charge in [-0.15, -0.1) is 0 Å². The Morgan fingerprint density at radius 3 is 2.06 bits per heavy atom. The molecule has 0 radical (unpaired) electrons. The summed E-state index contributed by atoms with van der Waals surface area (Å²) in [5.74, 6) is 0. The maximum atomic E-state index is 4.54. The molecule has 2 aliphatic carbocycles. The standard InChI is InChI=1S/C31H39N2P/c1-29(2,3)34(30(4,5)6)26-15-10-12-23-17-19-31(28(23)26)18-16-22-11-9-14-25(27(22)31)33-21-24-13-7-8-20-32-24/h7-15,20,33H,16-19,21H2,1-6H3/t31-/m1/s1. The summed E-state index contributed by atoms with van der Waals surface area (Å²) < 4.78 is 0. The molecule has 1 atom stereocenters. The Balaban J connectivity index is 1.64. The van der Waals surface area contributed by atoms with Crippen LogP contribution in [0.25, 0.3) is 0 Å². The summed E-state index contributed by atoms with van der Waals surface area (Å²) in [5.41, 5.74) is 8.89. The lowest BCUT2D eigenvalue weighted by atomic mass is 9.76. The van der Waals surface area contributed by atoms with Gasteiger partial charge in [0.05, 0.1) is 12.2 Å². The van der Waals surface area contributed by atoms with Crippen molar-refractivity contribution in [2.24, 2.45) is 0 Å². The molecule has 0 amide bonds. The summed E-state index contributed by atoms with van der Waals surface area (Å²) in [7, 11) is -0.356. The van der Waals surface area contributed by atoms with Crippen molar-refractivity contribution in [1.82, 2.24) is 4.98 Å². The SMILES string of the molecule is CC(C)(C)P(c1cccc2c1[C@]1(CCc3cccc(NCc4ccccn4)c31)CC2)C(C)(C)C. The molecule has 1 heterocycles. The van der Waals surface area contributed by atoms with Crippen LogP contribution in [0.4, 0.5) is 5.69 Å². The Hall–Kier alpha value is -2.18. The number of aryl methyl sites for hydroxylation is 2. The van der Waals surface area contributed by atoms with E-state index in [1.807, 2.05) is 12.3 Å². The summed E-state index contributed by atoms with van der Waals surface area (Å²) in [6.45, 7) is 15.5. The smallest absolute Gasteiger partial charge is 0.0594 e. The van der Waals surface area contributed by atoms with E-state index < -0.39 is 0 Å². The van der Waals surface area contributed by atoms with E-state index >= 15 is 0 Å². The normalized spacial score (nSPS) is 19.5. The molecule has 0 saturated carbocycles. The highest BCUT2D eigenvalue weighted by molar-refractivity contribution is 7.68. The second-order valence-electron chi connectivity index (χ2n) is 12.1. The third-order valence-electron chi connectivity index (χ3n) is 7.65. The fourth-order valence-electron chi connectivity index (χ4n) is 6.92. The van der Waals surface area contributed by atoms with E-state index in [4.69, 9.17) is 0 Å². The van der Waals surface area contributed by atoms with Gasteiger partial charge in [-0.05, 0) is 81.8 Å². The predicted octanol–water partition coefficient (Wildman–Crippen LogP) is 7.58. The first-order chi connectivity index (χ1) is 16.1. The molecule has 3 heteroatoms. The fraction of sp³-hybridized carbons (Fsp3) is 0.452. The molecule has 2 nitrogen and oxygen atoms in total. The largest absolute Gasteiger partial charge is 0.379 e. The molecule has 178 valence electrons. The first kappa shape index (κ1) is 23.6. The van der Waals surface area contributed by atoms with Crippen molar-refractivity contribution >= 4 is 18.9 Å². The van der Waals surface area contributed by atoms with Gasteiger partial charge in [-0.3, -0.25) is 4.98 Å². The molecule has 1 aromatic heterocycles. The van der Waals surface area contributed by atoms with E-state index in [9.17, 15) is 0 Å². The summed E-state index contributed by atoms with van der Waals surface area (Å²) in [5, 5.41) is 5.95. The van der Waals surface area contributed by atoms with E-state index in [-0.39, 0.29) is 23.6 Å². The van der Waals surface area contributed by atoms with Crippen molar-refractivity contribution < 1.29 is 0 Å². The van der Waals surface area contributed by atoms with Crippen LogP contribution in [0.5, 0.6) is 0 Å². The number of rotatable bonds is 4. The lowest BCUT2D eigenvalue weighted by Crippen LogP contribution is -2.36. The molecule has 1 N–H and O–H groups in total. The third-order valence-corrected chi connectivity index (χ3v) is 11.2. The fourth-order valence-corrected chi connectivity index (χ4v) is 11.2. The molecule has 0 aliphatic heterocycles. The van der Waals surface area contributed by atoms with Crippen molar-refractivity contribution in [3.8, 4) is 0 Å². The van der Waals surface area contributed by atoms with Crippen LogP contribution in [0.15, 0.2) is 60.8 Å². The molecule has 34 heavy (non-hydrogen) atoms. The van der Waals surface area contributed by atoms with E-state index in [1.165, 1.54) is 36.9 Å². The Labute approximate surface area is 207 Å². The second kappa shape index (κ2) is 8.49. The number of fused-ring (bicyclic) bond motifs is 4. The molecule has 2 aliphatic rings. The maximum Gasteiger partial charge on any atom is 0.0594 e. The Morgan fingerprint density at radius 1 is 0.794 bits per heavy atom. The molecule has 2 aromatic carbocycles. The summed E-state index contributed by atoms with van der Waals surface area (Å²) >= 11 is 0. The van der Waals surface area contributed by atoms with Crippen molar-refractivity contribution in [3.63, 3.8) is 0 Å². The van der Waals surface area contributed by atoms with Crippen LogP contribution < -0.4 is 10.6 Å². The van der Waals surface area contributed by atoms with Crippen molar-refractivity contribution in [2.75, 3.05) is 5.32 Å². The zero-order valence-corrected chi connectivity index (χ0v) is 22.6. The van der Waals surface area contributed by atoms with E-state index in [2.05, 4.69) is 100 Å². The minimum Gasteiger partial charge on any atom is -0.379 e. The average Bonchev–Trinajstić information content (AvgIpc) is 3.34. The van der Waals surface area contributed by atoms with Gasteiger partial charge in [0.1, 0.15) is 0 Å². The van der Waals surface area contributed by atoms with Crippen LogP contribution in [-0.4, -0.2) is 15.3 Å². The third kappa shape index (κ3) is 3.99. The van der Waals surface area contributed by atoms with Gasteiger partial charge in [0.15, 0.2) is 0 Å². The lowest BCUT2D eigenvalue weighted by Gasteiger charge is -2.44. The first-order valence-electron chi connectivity index (χ1n) is 12.8. The van der Waals surface area contributed by atoms with E-state index in [0.717, 1.165) is 12.2 Å². The number of hydrogen-bond acceptors (Lipinski definition) is 2. The molecule has 3 aromatic rings. The number of benzene rings is 2. The highest BCUT2D eigenvalue weighted by Crippen LogP contribution is 2.62. The van der Waals surface area contributed by atoms with Crippen molar-refractivity contribution in [1.29, 1.82) is 0 Å². The predicted molar refractivity (Wildman–Crippen MR) is 148 cm³/mol. The minimum atomic E-state index is -0.356. The van der Waals surface area contributed by atoms with Crippen LogP contribution in [0, 0.1) is 0 Å². The van der Waals surface area contributed by atoms with Gasteiger partial charge in [0.25, 0.3) is 0 Å². The van der Waals surface area contributed by atoms with Crippen LogP contribution in [0.1, 0.15) is 82.3 Å². The monoisotopic (exact) mass is 470 g/mol. The van der Waals surface area contributed by atoms with Gasteiger partial charge < -0.3 is 5.32 Å². The number of hydrogen-bond donors (Lipinski definition) is 1.